The van der Waals surface area contributed by atoms with E-state index in [0.717, 1.165) is 20.5 Å². The predicted molar refractivity (Wildman–Crippen MR) is 100.0 cm³/mol. The molecule has 1 aliphatic heterocycles. The minimum atomic E-state index is -0.566. The summed E-state index contributed by atoms with van der Waals surface area (Å²) in [5, 5.41) is 14.4. The fraction of sp³-hybridized carbons (Fsp3) is 0.294. The highest BCUT2D eigenvalue weighted by molar-refractivity contribution is 8.01. The molecule has 0 saturated carbocycles. The van der Waals surface area contributed by atoms with Crippen molar-refractivity contribution in [3.8, 4) is 0 Å². The third-order valence-electron chi connectivity index (χ3n) is 3.82. The van der Waals surface area contributed by atoms with Crippen molar-refractivity contribution < 1.29 is 14.3 Å². The Morgan fingerprint density at radius 1 is 1.27 bits per heavy atom. The molecule has 3 rings (SSSR count). The van der Waals surface area contributed by atoms with Crippen molar-refractivity contribution in [3.05, 3.63) is 51.7 Å². The molecule has 1 unspecified atom stereocenters. The second-order valence-corrected chi connectivity index (χ2v) is 8.11. The van der Waals surface area contributed by atoms with E-state index >= 15 is 0 Å². The quantitative estimate of drug-likeness (QED) is 0.602. The largest absolute Gasteiger partial charge is 0.466 e. The van der Waals surface area contributed by atoms with Crippen LogP contribution in [0.1, 0.15) is 22.2 Å². The van der Waals surface area contributed by atoms with E-state index in [1.807, 2.05) is 38.1 Å². The number of nitrogens with one attached hydrogen (secondary N) is 2. The summed E-state index contributed by atoms with van der Waals surface area (Å²) < 4.78 is 5.74. The topological polar surface area (TPSA) is 93.2 Å². The third-order valence-corrected chi connectivity index (χ3v) is 5.82. The molecule has 0 saturated heterocycles. The normalized spacial score (nSPS) is 16.9. The van der Waals surface area contributed by atoms with Gasteiger partial charge in [0.05, 0.1) is 18.7 Å². The van der Waals surface area contributed by atoms with Crippen LogP contribution in [0.2, 0.25) is 0 Å². The van der Waals surface area contributed by atoms with Crippen molar-refractivity contribution in [2.24, 2.45) is 0 Å². The lowest BCUT2D eigenvalue weighted by molar-refractivity contribution is -0.136. The average Bonchev–Trinajstić information content (AvgIpc) is 3.05. The number of carbonyl (C=O) groups excluding carboxylic acids is 2. The van der Waals surface area contributed by atoms with Crippen molar-refractivity contribution in [2.75, 3.05) is 12.9 Å². The van der Waals surface area contributed by atoms with Crippen LogP contribution in [0.25, 0.3) is 0 Å². The van der Waals surface area contributed by atoms with Crippen LogP contribution in [0, 0.1) is 13.8 Å². The number of carbonyl (C=O) groups is 2. The second kappa shape index (κ2) is 7.88. The number of urea groups is 1. The molecule has 7 nitrogen and oxygen atoms in total. The van der Waals surface area contributed by atoms with Gasteiger partial charge in [0, 0.05) is 11.4 Å². The summed E-state index contributed by atoms with van der Waals surface area (Å²) in [4.78, 5) is 24.6. The first-order chi connectivity index (χ1) is 12.5. The van der Waals surface area contributed by atoms with Crippen LogP contribution in [-0.4, -0.2) is 35.1 Å². The number of aromatic nitrogens is 2. The fourth-order valence-electron chi connectivity index (χ4n) is 2.56. The lowest BCUT2D eigenvalue weighted by Gasteiger charge is -2.29. The van der Waals surface area contributed by atoms with Gasteiger partial charge in [-0.1, -0.05) is 52.9 Å². The molecule has 136 valence electrons. The molecule has 2 amide bonds. The lowest BCUT2D eigenvalue weighted by Crippen LogP contribution is -2.46. The molecule has 2 heterocycles. The molecule has 2 N–H and O–H groups in total. The maximum Gasteiger partial charge on any atom is 0.338 e. The number of rotatable bonds is 5. The summed E-state index contributed by atoms with van der Waals surface area (Å²) in [5.74, 6) is -0.0957. The first-order valence-corrected chi connectivity index (χ1v) is 9.66. The monoisotopic (exact) mass is 390 g/mol. The zero-order valence-electron chi connectivity index (χ0n) is 14.5. The summed E-state index contributed by atoms with van der Waals surface area (Å²) >= 11 is 2.88. The Bertz CT molecular complexity index is 861. The molecule has 9 heteroatoms. The zero-order chi connectivity index (χ0) is 18.7. The summed E-state index contributed by atoms with van der Waals surface area (Å²) in [6, 6.07) is 6.75. The van der Waals surface area contributed by atoms with Crippen molar-refractivity contribution in [3.63, 3.8) is 0 Å². The molecule has 26 heavy (non-hydrogen) atoms. The van der Waals surface area contributed by atoms with Crippen LogP contribution in [0.3, 0.4) is 0 Å². The van der Waals surface area contributed by atoms with Crippen LogP contribution in [0.5, 0.6) is 0 Å². The van der Waals surface area contributed by atoms with Gasteiger partial charge in [-0.2, -0.15) is 0 Å². The predicted octanol–water partition coefficient (Wildman–Crippen LogP) is 2.73. The number of hydrogen-bond acceptors (Lipinski definition) is 7. The maximum absolute atomic E-state index is 12.4. The van der Waals surface area contributed by atoms with Gasteiger partial charge in [-0.05, 0) is 19.4 Å². The average molecular weight is 390 g/mol. The van der Waals surface area contributed by atoms with E-state index in [0.29, 0.717) is 17.0 Å². The van der Waals surface area contributed by atoms with Crippen LogP contribution in [0.4, 0.5) is 4.79 Å². The van der Waals surface area contributed by atoms with Gasteiger partial charge in [-0.25, -0.2) is 9.59 Å². The fourth-order valence-corrected chi connectivity index (χ4v) is 4.35. The van der Waals surface area contributed by atoms with Gasteiger partial charge < -0.3 is 15.4 Å². The van der Waals surface area contributed by atoms with E-state index in [1.54, 1.807) is 0 Å². The molecule has 0 spiro atoms. The van der Waals surface area contributed by atoms with Gasteiger partial charge in [0.15, 0.2) is 4.34 Å². The van der Waals surface area contributed by atoms with Crippen molar-refractivity contribution in [1.82, 2.24) is 20.8 Å². The molecule has 0 bridgehead atoms. The molecular weight excluding hydrogens is 372 g/mol. The Labute approximate surface area is 159 Å². The SMILES string of the molecule is COC(=O)C1=C(CSc2nnc(C)s2)NC(=O)NC1c1ccc(C)cc1. The molecule has 0 fully saturated rings. The summed E-state index contributed by atoms with van der Waals surface area (Å²) in [6.07, 6.45) is 0. The van der Waals surface area contributed by atoms with E-state index in [9.17, 15) is 9.59 Å². The van der Waals surface area contributed by atoms with Crippen LogP contribution >= 0.6 is 23.1 Å². The Hall–Kier alpha value is -2.39. The summed E-state index contributed by atoms with van der Waals surface area (Å²) in [6.45, 7) is 3.86. The zero-order valence-corrected chi connectivity index (χ0v) is 16.2. The van der Waals surface area contributed by atoms with Crippen LogP contribution in [0.15, 0.2) is 39.9 Å². The Morgan fingerprint density at radius 2 is 2.00 bits per heavy atom. The molecule has 1 aromatic carbocycles. The highest BCUT2D eigenvalue weighted by Gasteiger charge is 2.33. The first-order valence-electron chi connectivity index (χ1n) is 7.86. The molecule has 1 atom stereocenters. The number of methoxy groups -OCH3 is 1. The van der Waals surface area contributed by atoms with Crippen LogP contribution in [-0.2, 0) is 9.53 Å². The molecule has 2 aromatic rings. The van der Waals surface area contributed by atoms with Gasteiger partial charge in [0.2, 0.25) is 0 Å². The Balaban J connectivity index is 1.95. The maximum atomic E-state index is 12.4. The number of hydrogen-bond donors (Lipinski definition) is 2. The van der Waals surface area contributed by atoms with Gasteiger partial charge >= 0.3 is 12.0 Å². The summed E-state index contributed by atoms with van der Waals surface area (Å²) in [7, 11) is 1.33. The molecule has 1 aromatic heterocycles. The highest BCUT2D eigenvalue weighted by Crippen LogP contribution is 2.31. The van der Waals surface area contributed by atoms with Crippen molar-refractivity contribution in [2.45, 2.75) is 24.2 Å². The van der Waals surface area contributed by atoms with E-state index < -0.39 is 12.0 Å². The minimum Gasteiger partial charge on any atom is -0.466 e. The van der Waals surface area contributed by atoms with Gasteiger partial charge in [-0.3, -0.25) is 0 Å². The number of nitrogens with zero attached hydrogens (tertiary/aromatic N) is 2. The standard InChI is InChI=1S/C17H18N4O3S2/c1-9-4-6-11(7-5-9)14-13(15(22)24-3)12(18-16(23)19-14)8-25-17-21-20-10(2)26-17/h4-7,14H,8H2,1-3H3,(H2,18,19,23). The molecule has 1 aliphatic rings. The number of amides is 2. The number of esters is 1. The number of ether oxygens (including phenoxy) is 1. The lowest BCUT2D eigenvalue weighted by atomic mass is 9.95. The Morgan fingerprint density at radius 3 is 2.62 bits per heavy atom. The van der Waals surface area contributed by atoms with E-state index in [4.69, 9.17) is 4.74 Å². The van der Waals surface area contributed by atoms with Crippen molar-refractivity contribution in [1.29, 1.82) is 0 Å². The van der Waals surface area contributed by atoms with E-state index in [-0.39, 0.29) is 6.03 Å². The van der Waals surface area contributed by atoms with E-state index in [2.05, 4.69) is 20.8 Å². The number of benzene rings is 1. The van der Waals surface area contributed by atoms with E-state index in [1.165, 1.54) is 30.2 Å². The molecule has 0 radical (unpaired) electrons. The Kier molecular flexibility index (Phi) is 5.58. The third kappa shape index (κ3) is 4.05. The van der Waals surface area contributed by atoms with Gasteiger partial charge in [0.25, 0.3) is 0 Å². The highest BCUT2D eigenvalue weighted by atomic mass is 32.2. The van der Waals surface area contributed by atoms with Gasteiger partial charge in [-0.15, -0.1) is 10.2 Å². The smallest absolute Gasteiger partial charge is 0.338 e. The second-order valence-electron chi connectivity index (χ2n) is 5.70. The number of thioether (sulfide) groups is 1. The van der Waals surface area contributed by atoms with Crippen molar-refractivity contribution >= 4 is 35.1 Å². The van der Waals surface area contributed by atoms with Gasteiger partial charge in [0.1, 0.15) is 5.01 Å². The summed E-state index contributed by atoms with van der Waals surface area (Å²) in [5.41, 5.74) is 2.83. The number of aryl methyl sites for hydroxylation is 2. The molecular formula is C17H18N4O3S2. The first kappa shape index (κ1) is 18.4. The molecule has 0 aliphatic carbocycles. The van der Waals surface area contributed by atoms with Crippen LogP contribution < -0.4 is 10.6 Å². The minimum absolute atomic E-state index is 0.354.